The minimum absolute atomic E-state index is 0.242. The van der Waals surface area contributed by atoms with Crippen molar-refractivity contribution in [3.63, 3.8) is 0 Å². The molecule has 0 radical (unpaired) electrons. The smallest absolute Gasteiger partial charge is 0.251 e. The molecule has 90 valence electrons. The van der Waals surface area contributed by atoms with E-state index in [1.54, 1.807) is 13.0 Å². The van der Waals surface area contributed by atoms with Gasteiger partial charge < -0.3 is 5.32 Å². The Kier molecular flexibility index (Phi) is 5.22. The molecule has 1 rings (SSSR count). The van der Waals surface area contributed by atoms with E-state index in [1.807, 2.05) is 0 Å². The molecule has 1 aromatic carbocycles. The van der Waals surface area contributed by atoms with Gasteiger partial charge in [-0.05, 0) is 43.5 Å². The van der Waals surface area contributed by atoms with E-state index in [0.717, 1.165) is 24.8 Å². The first-order valence-electron chi connectivity index (χ1n) is 5.62. The molecule has 0 atom stereocenters. The summed E-state index contributed by atoms with van der Waals surface area (Å²) in [6.07, 6.45) is 7.56. The second kappa shape index (κ2) is 6.70. The Balaban J connectivity index is 2.44. The van der Waals surface area contributed by atoms with Gasteiger partial charge in [0.15, 0.2) is 0 Å². The third-order valence-electron chi connectivity index (χ3n) is 2.34. The van der Waals surface area contributed by atoms with E-state index in [0.29, 0.717) is 12.1 Å². The number of terminal acetylenes is 1. The molecule has 0 saturated carbocycles. The van der Waals surface area contributed by atoms with Crippen molar-refractivity contribution in [1.82, 2.24) is 5.32 Å². The van der Waals surface area contributed by atoms with E-state index in [-0.39, 0.29) is 11.7 Å². The molecule has 0 spiro atoms. The summed E-state index contributed by atoms with van der Waals surface area (Å²) in [5.74, 6) is 1.91. The van der Waals surface area contributed by atoms with Crippen LogP contribution in [0.25, 0.3) is 0 Å². The van der Waals surface area contributed by atoms with Gasteiger partial charge in [-0.2, -0.15) is 0 Å². The normalized spacial score (nSPS) is 9.71. The zero-order valence-corrected chi connectivity index (χ0v) is 9.92. The SMILES string of the molecule is C#CCCCCNC(=O)c1cc(C)cc(F)c1. The average Bonchev–Trinajstić information content (AvgIpc) is 2.27. The number of carbonyl (C=O) groups is 1. The van der Waals surface area contributed by atoms with Crippen LogP contribution in [0, 0.1) is 25.1 Å². The summed E-state index contributed by atoms with van der Waals surface area (Å²) in [6, 6.07) is 4.30. The zero-order valence-electron chi connectivity index (χ0n) is 9.92. The van der Waals surface area contributed by atoms with Crippen molar-refractivity contribution in [2.75, 3.05) is 6.54 Å². The highest BCUT2D eigenvalue weighted by atomic mass is 19.1. The highest BCUT2D eigenvalue weighted by molar-refractivity contribution is 5.94. The fourth-order valence-corrected chi connectivity index (χ4v) is 1.52. The molecule has 0 bridgehead atoms. The summed E-state index contributed by atoms with van der Waals surface area (Å²) < 4.78 is 13.1. The Morgan fingerprint density at radius 1 is 1.41 bits per heavy atom. The van der Waals surface area contributed by atoms with E-state index in [1.165, 1.54) is 12.1 Å². The van der Waals surface area contributed by atoms with Gasteiger partial charge in [0.1, 0.15) is 5.82 Å². The fraction of sp³-hybridized carbons (Fsp3) is 0.357. The highest BCUT2D eigenvalue weighted by Gasteiger charge is 2.06. The topological polar surface area (TPSA) is 29.1 Å². The molecular formula is C14H16FNO. The van der Waals surface area contributed by atoms with Gasteiger partial charge in [0.2, 0.25) is 0 Å². The first-order chi connectivity index (χ1) is 8.13. The number of halogens is 1. The van der Waals surface area contributed by atoms with Crippen LogP contribution in [0.5, 0.6) is 0 Å². The molecule has 1 amide bonds. The molecule has 1 aromatic rings. The van der Waals surface area contributed by atoms with Crippen LogP contribution < -0.4 is 5.32 Å². The molecule has 0 aliphatic rings. The molecule has 0 saturated heterocycles. The third kappa shape index (κ3) is 4.69. The summed E-state index contributed by atoms with van der Waals surface area (Å²) in [5, 5.41) is 2.74. The van der Waals surface area contributed by atoms with Crippen molar-refractivity contribution >= 4 is 5.91 Å². The van der Waals surface area contributed by atoms with Gasteiger partial charge in [-0.25, -0.2) is 4.39 Å². The molecule has 0 aliphatic heterocycles. The predicted octanol–water partition coefficient (Wildman–Crippen LogP) is 2.67. The molecule has 0 unspecified atom stereocenters. The lowest BCUT2D eigenvalue weighted by Gasteiger charge is -2.05. The first-order valence-corrected chi connectivity index (χ1v) is 5.62. The van der Waals surface area contributed by atoms with E-state index in [4.69, 9.17) is 6.42 Å². The number of unbranched alkanes of at least 4 members (excludes halogenated alkanes) is 2. The van der Waals surface area contributed by atoms with Gasteiger partial charge in [0, 0.05) is 18.5 Å². The molecule has 2 nitrogen and oxygen atoms in total. The number of nitrogens with one attached hydrogen (secondary N) is 1. The van der Waals surface area contributed by atoms with Crippen molar-refractivity contribution in [3.05, 3.63) is 35.1 Å². The van der Waals surface area contributed by atoms with Crippen molar-refractivity contribution in [2.45, 2.75) is 26.2 Å². The lowest BCUT2D eigenvalue weighted by molar-refractivity contribution is 0.0952. The minimum atomic E-state index is -0.387. The van der Waals surface area contributed by atoms with Crippen LogP contribution in [0.1, 0.15) is 35.2 Å². The summed E-state index contributed by atoms with van der Waals surface area (Å²) in [7, 11) is 0. The van der Waals surface area contributed by atoms with Crippen LogP contribution in [0.15, 0.2) is 18.2 Å². The number of benzene rings is 1. The maximum Gasteiger partial charge on any atom is 0.251 e. The summed E-state index contributed by atoms with van der Waals surface area (Å²) >= 11 is 0. The van der Waals surface area contributed by atoms with E-state index < -0.39 is 0 Å². The van der Waals surface area contributed by atoms with Gasteiger partial charge in [-0.15, -0.1) is 12.3 Å². The lowest BCUT2D eigenvalue weighted by Crippen LogP contribution is -2.24. The fourth-order valence-electron chi connectivity index (χ4n) is 1.52. The molecule has 0 aliphatic carbocycles. The number of rotatable bonds is 5. The molecule has 0 heterocycles. The third-order valence-corrected chi connectivity index (χ3v) is 2.34. The summed E-state index contributed by atoms with van der Waals surface area (Å²) in [6.45, 7) is 2.32. The Hall–Kier alpha value is -1.82. The van der Waals surface area contributed by atoms with Gasteiger partial charge in [-0.3, -0.25) is 4.79 Å². The Morgan fingerprint density at radius 3 is 2.82 bits per heavy atom. The summed E-state index contributed by atoms with van der Waals surface area (Å²) in [5.41, 5.74) is 1.10. The Bertz CT molecular complexity index is 414. The maximum atomic E-state index is 13.1. The molecule has 0 aromatic heterocycles. The average molecular weight is 233 g/mol. The molecule has 0 fully saturated rings. The number of hydrogen-bond donors (Lipinski definition) is 1. The minimum Gasteiger partial charge on any atom is -0.352 e. The van der Waals surface area contributed by atoms with Gasteiger partial charge in [0.25, 0.3) is 5.91 Å². The molecule has 17 heavy (non-hydrogen) atoms. The molecule has 3 heteroatoms. The van der Waals surface area contributed by atoms with E-state index >= 15 is 0 Å². The van der Waals surface area contributed by atoms with Crippen LogP contribution in [-0.4, -0.2) is 12.5 Å². The van der Waals surface area contributed by atoms with Gasteiger partial charge >= 0.3 is 0 Å². The van der Waals surface area contributed by atoms with Crippen LogP contribution in [0.2, 0.25) is 0 Å². The van der Waals surface area contributed by atoms with Crippen molar-refractivity contribution in [2.24, 2.45) is 0 Å². The monoisotopic (exact) mass is 233 g/mol. The second-order valence-electron chi connectivity index (χ2n) is 3.93. The first kappa shape index (κ1) is 13.2. The Morgan fingerprint density at radius 2 is 2.18 bits per heavy atom. The zero-order chi connectivity index (χ0) is 12.7. The van der Waals surface area contributed by atoms with Gasteiger partial charge in [0.05, 0.1) is 0 Å². The Labute approximate surface area is 101 Å². The molecule has 1 N–H and O–H groups in total. The van der Waals surface area contributed by atoms with Crippen LogP contribution in [0.4, 0.5) is 4.39 Å². The largest absolute Gasteiger partial charge is 0.352 e. The lowest BCUT2D eigenvalue weighted by atomic mass is 10.1. The van der Waals surface area contributed by atoms with Crippen molar-refractivity contribution in [3.8, 4) is 12.3 Å². The van der Waals surface area contributed by atoms with Crippen LogP contribution >= 0.6 is 0 Å². The summed E-state index contributed by atoms with van der Waals surface area (Å²) in [4.78, 5) is 11.7. The standard InChI is InChI=1S/C14H16FNO/c1-3-4-5-6-7-16-14(17)12-8-11(2)9-13(15)10-12/h1,8-10H,4-7H2,2H3,(H,16,17). The van der Waals surface area contributed by atoms with Crippen LogP contribution in [0.3, 0.4) is 0 Å². The highest BCUT2D eigenvalue weighted by Crippen LogP contribution is 2.08. The maximum absolute atomic E-state index is 13.1. The van der Waals surface area contributed by atoms with E-state index in [9.17, 15) is 9.18 Å². The number of aryl methyl sites for hydroxylation is 1. The van der Waals surface area contributed by atoms with Crippen LogP contribution in [-0.2, 0) is 0 Å². The quantitative estimate of drug-likeness (QED) is 0.615. The number of carbonyl (C=O) groups excluding carboxylic acids is 1. The predicted molar refractivity (Wildman–Crippen MR) is 66.2 cm³/mol. The second-order valence-corrected chi connectivity index (χ2v) is 3.93. The number of amides is 1. The molecular weight excluding hydrogens is 217 g/mol. The van der Waals surface area contributed by atoms with Crippen molar-refractivity contribution in [1.29, 1.82) is 0 Å². The van der Waals surface area contributed by atoms with Gasteiger partial charge in [-0.1, -0.05) is 0 Å². The van der Waals surface area contributed by atoms with Crippen molar-refractivity contribution < 1.29 is 9.18 Å². The number of hydrogen-bond acceptors (Lipinski definition) is 1. The van der Waals surface area contributed by atoms with E-state index in [2.05, 4.69) is 11.2 Å².